The summed E-state index contributed by atoms with van der Waals surface area (Å²) in [6, 6.07) is 0. The van der Waals surface area contributed by atoms with Crippen molar-refractivity contribution in [3.05, 3.63) is 0 Å². The molecule has 16 heavy (non-hydrogen) atoms. The Morgan fingerprint density at radius 2 is 1.75 bits per heavy atom. The van der Waals surface area contributed by atoms with E-state index in [4.69, 9.17) is 5.73 Å². The van der Waals surface area contributed by atoms with E-state index in [2.05, 4.69) is 6.92 Å². The lowest BCUT2D eigenvalue weighted by Crippen LogP contribution is -2.59. The third-order valence-electron chi connectivity index (χ3n) is 5.35. The van der Waals surface area contributed by atoms with Crippen LogP contribution in [0.15, 0.2) is 0 Å². The van der Waals surface area contributed by atoms with Gasteiger partial charge in [-0.15, -0.1) is 12.4 Å². The van der Waals surface area contributed by atoms with Crippen LogP contribution >= 0.6 is 12.4 Å². The van der Waals surface area contributed by atoms with Crippen molar-refractivity contribution in [2.24, 2.45) is 27.9 Å². The molecule has 0 aliphatic heterocycles. The van der Waals surface area contributed by atoms with E-state index in [9.17, 15) is 5.11 Å². The Morgan fingerprint density at radius 3 is 2.31 bits per heavy atom. The molecular formula is C13H24ClNO. The second kappa shape index (κ2) is 3.60. The molecule has 0 aromatic heterocycles. The van der Waals surface area contributed by atoms with E-state index in [1.165, 1.54) is 38.5 Å². The quantitative estimate of drug-likeness (QED) is 0.785. The van der Waals surface area contributed by atoms with Crippen molar-refractivity contribution < 1.29 is 5.11 Å². The number of hydrogen-bond acceptors (Lipinski definition) is 2. The average Bonchev–Trinajstić information content (AvgIpc) is 2.14. The van der Waals surface area contributed by atoms with Gasteiger partial charge in [0.15, 0.2) is 0 Å². The van der Waals surface area contributed by atoms with Gasteiger partial charge >= 0.3 is 0 Å². The minimum atomic E-state index is 0. The first-order valence-corrected chi connectivity index (χ1v) is 6.34. The number of aliphatic hydroxyl groups excluding tert-OH is 1. The molecule has 0 saturated heterocycles. The van der Waals surface area contributed by atoms with Crippen LogP contribution in [-0.2, 0) is 0 Å². The molecule has 4 aliphatic rings. The molecule has 4 fully saturated rings. The second-order valence-corrected chi connectivity index (χ2v) is 7.18. The Hall–Kier alpha value is 0.210. The fourth-order valence-electron chi connectivity index (χ4n) is 5.77. The number of rotatable bonds is 2. The van der Waals surface area contributed by atoms with E-state index in [0.717, 1.165) is 12.5 Å². The van der Waals surface area contributed by atoms with E-state index >= 15 is 0 Å². The second-order valence-electron chi connectivity index (χ2n) is 7.18. The minimum absolute atomic E-state index is 0. The van der Waals surface area contributed by atoms with Gasteiger partial charge in [-0.25, -0.2) is 0 Å². The molecule has 94 valence electrons. The summed E-state index contributed by atoms with van der Waals surface area (Å²) in [5.74, 6) is 0.849. The van der Waals surface area contributed by atoms with Gasteiger partial charge in [0.1, 0.15) is 0 Å². The van der Waals surface area contributed by atoms with Crippen molar-refractivity contribution in [2.45, 2.75) is 45.4 Å². The first kappa shape index (κ1) is 12.7. The van der Waals surface area contributed by atoms with Gasteiger partial charge in [0.2, 0.25) is 0 Å². The third kappa shape index (κ3) is 1.61. The van der Waals surface area contributed by atoms with E-state index in [1.54, 1.807) is 0 Å². The molecule has 0 heterocycles. The molecular weight excluding hydrogens is 222 g/mol. The maximum atomic E-state index is 9.72. The van der Waals surface area contributed by atoms with Gasteiger partial charge < -0.3 is 10.8 Å². The predicted octanol–water partition coefficient (Wildman–Crippen LogP) is 2.34. The van der Waals surface area contributed by atoms with Crippen LogP contribution in [0, 0.1) is 22.2 Å². The molecule has 0 radical (unpaired) electrons. The van der Waals surface area contributed by atoms with Crippen LogP contribution in [0.1, 0.15) is 45.4 Å². The van der Waals surface area contributed by atoms with Crippen molar-refractivity contribution >= 4 is 12.4 Å². The van der Waals surface area contributed by atoms with Crippen LogP contribution in [0.4, 0.5) is 0 Å². The first-order valence-electron chi connectivity index (χ1n) is 6.34. The fourth-order valence-corrected chi connectivity index (χ4v) is 5.77. The molecule has 3 N–H and O–H groups in total. The summed E-state index contributed by atoms with van der Waals surface area (Å²) in [5.41, 5.74) is 7.14. The zero-order valence-corrected chi connectivity index (χ0v) is 11.0. The molecule has 4 atom stereocenters. The van der Waals surface area contributed by atoms with Gasteiger partial charge in [-0.05, 0) is 67.2 Å². The summed E-state index contributed by atoms with van der Waals surface area (Å²) in [6.07, 6.45) is 7.74. The first-order chi connectivity index (χ1) is 7.03. The van der Waals surface area contributed by atoms with Crippen molar-refractivity contribution in [3.63, 3.8) is 0 Å². The van der Waals surface area contributed by atoms with Crippen LogP contribution in [-0.4, -0.2) is 18.3 Å². The van der Waals surface area contributed by atoms with Crippen LogP contribution in [0.2, 0.25) is 0 Å². The van der Waals surface area contributed by atoms with Crippen LogP contribution < -0.4 is 5.73 Å². The van der Waals surface area contributed by atoms with E-state index in [1.807, 2.05) is 0 Å². The number of aliphatic hydroxyl groups is 1. The van der Waals surface area contributed by atoms with Crippen LogP contribution in [0.5, 0.6) is 0 Å². The molecule has 0 amide bonds. The Kier molecular flexibility index (Phi) is 2.85. The third-order valence-corrected chi connectivity index (χ3v) is 5.35. The van der Waals surface area contributed by atoms with Gasteiger partial charge in [-0.1, -0.05) is 6.92 Å². The highest BCUT2D eigenvalue weighted by molar-refractivity contribution is 5.85. The van der Waals surface area contributed by atoms with Crippen LogP contribution in [0.3, 0.4) is 0 Å². The normalized spacial score (nSPS) is 53.8. The fraction of sp³-hybridized carbons (Fsp3) is 1.00. The van der Waals surface area contributed by atoms with E-state index in [0.29, 0.717) is 17.4 Å². The smallest absolute Gasteiger partial charge is 0.0487 e. The van der Waals surface area contributed by atoms with Crippen molar-refractivity contribution in [1.82, 2.24) is 0 Å². The summed E-state index contributed by atoms with van der Waals surface area (Å²) in [4.78, 5) is 0. The zero-order valence-electron chi connectivity index (χ0n) is 10.2. The SMILES string of the molecule is CC12CC3CC(CN)(C1)CC(CO)(C3)C2.Cl. The van der Waals surface area contributed by atoms with Gasteiger partial charge in [0.05, 0.1) is 0 Å². The molecule has 4 bridgehead atoms. The number of halogens is 1. The monoisotopic (exact) mass is 245 g/mol. The van der Waals surface area contributed by atoms with Gasteiger partial charge in [0.25, 0.3) is 0 Å². The molecule has 2 nitrogen and oxygen atoms in total. The molecule has 0 spiro atoms. The van der Waals surface area contributed by atoms with Crippen molar-refractivity contribution in [2.75, 3.05) is 13.2 Å². The molecule has 0 aromatic carbocycles. The topological polar surface area (TPSA) is 46.2 Å². The number of nitrogens with two attached hydrogens (primary N) is 1. The molecule has 4 unspecified atom stereocenters. The molecule has 4 aliphatic carbocycles. The summed E-state index contributed by atoms with van der Waals surface area (Å²) in [6.45, 7) is 3.65. The lowest BCUT2D eigenvalue weighted by molar-refractivity contribution is -0.162. The largest absolute Gasteiger partial charge is 0.396 e. The highest BCUT2D eigenvalue weighted by Crippen LogP contribution is 2.69. The number of hydrogen-bond donors (Lipinski definition) is 2. The summed E-state index contributed by atoms with van der Waals surface area (Å²) in [7, 11) is 0. The zero-order chi connectivity index (χ0) is 10.7. The van der Waals surface area contributed by atoms with Crippen LogP contribution in [0.25, 0.3) is 0 Å². The Labute approximate surface area is 104 Å². The maximum Gasteiger partial charge on any atom is 0.0487 e. The van der Waals surface area contributed by atoms with Gasteiger partial charge in [-0.3, -0.25) is 0 Å². The molecule has 4 saturated carbocycles. The Bertz CT molecular complexity index is 274. The minimum Gasteiger partial charge on any atom is -0.396 e. The average molecular weight is 246 g/mol. The Balaban J connectivity index is 0.000000963. The molecule has 0 aromatic rings. The predicted molar refractivity (Wildman–Crippen MR) is 67.6 cm³/mol. The molecule has 3 heteroatoms. The Morgan fingerprint density at radius 1 is 1.12 bits per heavy atom. The van der Waals surface area contributed by atoms with Crippen molar-refractivity contribution in [1.29, 1.82) is 0 Å². The maximum absolute atomic E-state index is 9.72. The lowest BCUT2D eigenvalue weighted by Gasteiger charge is -2.65. The summed E-state index contributed by atoms with van der Waals surface area (Å²) < 4.78 is 0. The lowest BCUT2D eigenvalue weighted by atomic mass is 9.40. The standard InChI is InChI=1S/C13H23NO.ClH/c1-11-2-10-3-12(5-11,8-14)7-13(4-10,6-11)9-15;/h10,15H,2-9,14H2,1H3;1H. The van der Waals surface area contributed by atoms with Gasteiger partial charge in [0, 0.05) is 6.61 Å². The van der Waals surface area contributed by atoms with Crippen molar-refractivity contribution in [3.8, 4) is 0 Å². The molecule has 4 rings (SSSR count). The van der Waals surface area contributed by atoms with E-state index < -0.39 is 0 Å². The highest BCUT2D eigenvalue weighted by Gasteiger charge is 2.60. The van der Waals surface area contributed by atoms with E-state index in [-0.39, 0.29) is 17.8 Å². The van der Waals surface area contributed by atoms with Gasteiger partial charge in [-0.2, -0.15) is 0 Å². The highest BCUT2D eigenvalue weighted by atomic mass is 35.5. The summed E-state index contributed by atoms with van der Waals surface area (Å²) >= 11 is 0. The summed E-state index contributed by atoms with van der Waals surface area (Å²) in [5, 5.41) is 9.72.